The van der Waals surface area contributed by atoms with Crippen molar-refractivity contribution in [2.45, 2.75) is 6.42 Å². The summed E-state index contributed by atoms with van der Waals surface area (Å²) >= 11 is 0. The van der Waals surface area contributed by atoms with E-state index in [0.29, 0.717) is 0 Å². The van der Waals surface area contributed by atoms with E-state index < -0.39 is 0 Å². The highest BCUT2D eigenvalue weighted by Crippen LogP contribution is 1.98. The maximum Gasteiger partial charge on any atom is 0.113 e. The average Bonchev–Trinajstić information content (AvgIpc) is 2.32. The van der Waals surface area contributed by atoms with Gasteiger partial charge in [0.05, 0.1) is 0 Å². The van der Waals surface area contributed by atoms with Gasteiger partial charge in [0.15, 0.2) is 0 Å². The van der Waals surface area contributed by atoms with Gasteiger partial charge in [0.1, 0.15) is 5.69 Å². The van der Waals surface area contributed by atoms with E-state index in [4.69, 9.17) is 0 Å². The van der Waals surface area contributed by atoms with Gasteiger partial charge in [-0.3, -0.25) is 0 Å². The van der Waals surface area contributed by atoms with E-state index in [1.54, 1.807) is 6.20 Å². The summed E-state index contributed by atoms with van der Waals surface area (Å²) in [7, 11) is 0. The minimum absolute atomic E-state index is 0.775. The Labute approximate surface area is 89.8 Å². The molecule has 0 saturated carbocycles. The maximum absolute atomic E-state index is 4.14. The molecule has 1 aromatic carbocycles. The Bertz CT molecular complexity index is 463. The van der Waals surface area contributed by atoms with Crippen LogP contribution in [-0.4, -0.2) is 4.98 Å². The number of nitrogens with zero attached hydrogens (tertiary/aromatic N) is 1. The van der Waals surface area contributed by atoms with Gasteiger partial charge in [0, 0.05) is 12.6 Å². The van der Waals surface area contributed by atoms with Crippen molar-refractivity contribution in [2.75, 3.05) is 0 Å². The Balaban J connectivity index is 2.03. The van der Waals surface area contributed by atoms with Crippen molar-refractivity contribution < 1.29 is 0 Å². The second-order valence-corrected chi connectivity index (χ2v) is 3.18. The summed E-state index contributed by atoms with van der Waals surface area (Å²) in [5.74, 6) is 6.14. The van der Waals surface area contributed by atoms with Crippen molar-refractivity contribution >= 4 is 0 Å². The summed E-state index contributed by atoms with van der Waals surface area (Å²) < 4.78 is 0. The van der Waals surface area contributed by atoms with E-state index in [1.807, 2.05) is 36.4 Å². The van der Waals surface area contributed by atoms with Crippen LogP contribution in [0.3, 0.4) is 0 Å². The van der Waals surface area contributed by atoms with Crippen molar-refractivity contribution in [3.05, 3.63) is 66.0 Å². The number of pyridine rings is 1. The first-order valence-corrected chi connectivity index (χ1v) is 4.89. The molecular formula is C14H11N. The molecule has 0 amide bonds. The van der Waals surface area contributed by atoms with Crippen LogP contribution in [0.25, 0.3) is 0 Å². The lowest BCUT2D eigenvalue weighted by molar-refractivity contribution is 1.27. The standard InChI is InChI=1S/C14H11N/c1-2-7-13(8-3-1)9-6-11-14-10-4-5-12-15-14/h1-5,7-8,10,12H,9H2. The van der Waals surface area contributed by atoms with Crippen LogP contribution in [0.1, 0.15) is 11.3 Å². The minimum Gasteiger partial charge on any atom is -0.248 e. The van der Waals surface area contributed by atoms with E-state index in [0.717, 1.165) is 12.1 Å². The molecule has 0 spiro atoms. The zero-order chi connectivity index (χ0) is 10.3. The average molecular weight is 193 g/mol. The Morgan fingerprint density at radius 1 is 0.933 bits per heavy atom. The fraction of sp³-hybridized carbons (Fsp3) is 0.0714. The molecule has 1 heteroatoms. The van der Waals surface area contributed by atoms with Crippen LogP contribution >= 0.6 is 0 Å². The predicted molar refractivity (Wildman–Crippen MR) is 61.3 cm³/mol. The minimum atomic E-state index is 0.775. The highest BCUT2D eigenvalue weighted by molar-refractivity contribution is 5.29. The van der Waals surface area contributed by atoms with Gasteiger partial charge in [-0.15, -0.1) is 0 Å². The molecule has 2 rings (SSSR count). The highest BCUT2D eigenvalue weighted by atomic mass is 14.6. The van der Waals surface area contributed by atoms with Crippen LogP contribution in [0.15, 0.2) is 54.7 Å². The molecule has 0 aliphatic rings. The molecule has 0 radical (unpaired) electrons. The second-order valence-electron chi connectivity index (χ2n) is 3.18. The topological polar surface area (TPSA) is 12.9 Å². The fourth-order valence-corrected chi connectivity index (χ4v) is 1.27. The van der Waals surface area contributed by atoms with Crippen molar-refractivity contribution in [1.82, 2.24) is 4.98 Å². The summed E-state index contributed by atoms with van der Waals surface area (Å²) in [6, 6.07) is 16.0. The summed E-state index contributed by atoms with van der Waals surface area (Å²) in [5, 5.41) is 0. The lowest BCUT2D eigenvalue weighted by atomic mass is 10.1. The normalized spacial score (nSPS) is 9.07. The van der Waals surface area contributed by atoms with Gasteiger partial charge >= 0.3 is 0 Å². The third-order valence-corrected chi connectivity index (χ3v) is 2.02. The molecule has 0 saturated heterocycles. The van der Waals surface area contributed by atoms with Crippen molar-refractivity contribution in [3.63, 3.8) is 0 Å². The molecule has 2 aromatic rings. The van der Waals surface area contributed by atoms with Crippen molar-refractivity contribution in [3.8, 4) is 11.8 Å². The third-order valence-electron chi connectivity index (χ3n) is 2.02. The first-order chi connectivity index (χ1) is 7.45. The number of aromatic nitrogens is 1. The highest BCUT2D eigenvalue weighted by Gasteiger charge is 1.86. The molecule has 15 heavy (non-hydrogen) atoms. The van der Waals surface area contributed by atoms with Gasteiger partial charge in [-0.2, -0.15) is 0 Å². The molecule has 1 nitrogen and oxygen atoms in total. The van der Waals surface area contributed by atoms with Crippen molar-refractivity contribution in [2.24, 2.45) is 0 Å². The first-order valence-electron chi connectivity index (χ1n) is 4.89. The molecule has 0 aliphatic carbocycles. The summed E-state index contributed by atoms with van der Waals surface area (Å²) in [6.45, 7) is 0. The smallest absolute Gasteiger partial charge is 0.113 e. The second kappa shape index (κ2) is 4.97. The fourth-order valence-electron chi connectivity index (χ4n) is 1.27. The van der Waals surface area contributed by atoms with E-state index >= 15 is 0 Å². The Hall–Kier alpha value is -2.07. The number of benzene rings is 1. The molecule has 0 fully saturated rings. The van der Waals surface area contributed by atoms with Gasteiger partial charge in [0.2, 0.25) is 0 Å². The van der Waals surface area contributed by atoms with Crippen LogP contribution in [-0.2, 0) is 6.42 Å². The monoisotopic (exact) mass is 193 g/mol. The predicted octanol–water partition coefficient (Wildman–Crippen LogP) is 2.68. The molecule has 72 valence electrons. The zero-order valence-electron chi connectivity index (χ0n) is 8.35. The number of rotatable bonds is 1. The maximum atomic E-state index is 4.14. The van der Waals surface area contributed by atoms with E-state index in [9.17, 15) is 0 Å². The van der Waals surface area contributed by atoms with Gasteiger partial charge in [-0.25, -0.2) is 4.98 Å². The number of hydrogen-bond donors (Lipinski definition) is 0. The van der Waals surface area contributed by atoms with E-state index in [2.05, 4.69) is 29.0 Å². The quantitative estimate of drug-likeness (QED) is 0.634. The van der Waals surface area contributed by atoms with Crippen LogP contribution in [0.4, 0.5) is 0 Å². The van der Waals surface area contributed by atoms with Gasteiger partial charge in [0.25, 0.3) is 0 Å². The first kappa shape index (κ1) is 9.48. The van der Waals surface area contributed by atoms with E-state index in [1.165, 1.54) is 5.56 Å². The van der Waals surface area contributed by atoms with Crippen LogP contribution in [0.5, 0.6) is 0 Å². The van der Waals surface area contributed by atoms with Crippen LogP contribution in [0, 0.1) is 11.8 Å². The lowest BCUT2D eigenvalue weighted by Crippen LogP contribution is -1.81. The van der Waals surface area contributed by atoms with Gasteiger partial charge < -0.3 is 0 Å². The number of hydrogen-bond acceptors (Lipinski definition) is 1. The molecular weight excluding hydrogens is 182 g/mol. The SMILES string of the molecule is C(#Cc1ccccn1)Cc1ccccc1. The lowest BCUT2D eigenvalue weighted by Gasteiger charge is -1.91. The third kappa shape index (κ3) is 2.96. The van der Waals surface area contributed by atoms with Gasteiger partial charge in [-0.1, -0.05) is 42.3 Å². The molecule has 1 aromatic heterocycles. The Morgan fingerprint density at radius 3 is 2.47 bits per heavy atom. The van der Waals surface area contributed by atoms with E-state index in [-0.39, 0.29) is 0 Å². The van der Waals surface area contributed by atoms with Crippen LogP contribution < -0.4 is 0 Å². The largest absolute Gasteiger partial charge is 0.248 e. The molecule has 1 heterocycles. The molecule has 0 bridgehead atoms. The summed E-state index contributed by atoms with van der Waals surface area (Å²) in [5.41, 5.74) is 2.06. The summed E-state index contributed by atoms with van der Waals surface area (Å²) in [6.07, 6.45) is 2.53. The Morgan fingerprint density at radius 2 is 1.73 bits per heavy atom. The molecule has 0 aliphatic heterocycles. The molecule has 0 atom stereocenters. The molecule has 0 N–H and O–H groups in total. The van der Waals surface area contributed by atoms with Gasteiger partial charge in [-0.05, 0) is 23.6 Å². The van der Waals surface area contributed by atoms with Crippen LogP contribution in [0.2, 0.25) is 0 Å². The zero-order valence-corrected chi connectivity index (χ0v) is 8.35. The Kier molecular flexibility index (Phi) is 3.14. The molecule has 0 unspecified atom stereocenters. The summed E-state index contributed by atoms with van der Waals surface area (Å²) in [4.78, 5) is 4.14. The van der Waals surface area contributed by atoms with Crippen molar-refractivity contribution in [1.29, 1.82) is 0 Å².